The third kappa shape index (κ3) is 5.27. The molecule has 3 aromatic rings. The number of fused-ring (bicyclic) bond motifs is 1. The number of amides is 2. The number of H-pyrrole nitrogens is 1. The van der Waals surface area contributed by atoms with Gasteiger partial charge in [-0.15, -0.1) is 0 Å². The quantitative estimate of drug-likeness (QED) is 0.327. The fourth-order valence-corrected chi connectivity index (χ4v) is 7.28. The third-order valence-corrected chi connectivity index (χ3v) is 10.0. The molecule has 0 spiro atoms. The van der Waals surface area contributed by atoms with E-state index in [0.29, 0.717) is 46.4 Å². The second-order valence-corrected chi connectivity index (χ2v) is 13.3. The normalized spacial score (nSPS) is 19.4. The monoisotopic (exact) mass is 594 g/mol. The van der Waals surface area contributed by atoms with Crippen LogP contribution in [0.3, 0.4) is 0 Å². The van der Waals surface area contributed by atoms with Gasteiger partial charge in [0.2, 0.25) is 0 Å². The van der Waals surface area contributed by atoms with Crippen molar-refractivity contribution in [2.75, 3.05) is 18.4 Å². The zero-order valence-corrected chi connectivity index (χ0v) is 24.2. The number of anilines is 1. The first-order valence-corrected chi connectivity index (χ1v) is 15.8. The number of carbonyl (C=O) groups excluding carboxylic acids is 2. The molecule has 1 aliphatic carbocycles. The summed E-state index contributed by atoms with van der Waals surface area (Å²) in [5.41, 5.74) is 2.97. The van der Waals surface area contributed by atoms with E-state index in [-0.39, 0.29) is 22.4 Å². The van der Waals surface area contributed by atoms with Gasteiger partial charge in [0.05, 0.1) is 21.8 Å². The Morgan fingerprint density at radius 1 is 1.12 bits per heavy atom. The predicted molar refractivity (Wildman–Crippen MR) is 156 cm³/mol. The number of carbonyl (C=O) groups is 2. The second-order valence-electron chi connectivity index (χ2n) is 11.3. The maximum Gasteiger partial charge on any atom is 0.256 e. The maximum atomic E-state index is 14.2. The molecule has 1 saturated heterocycles. The molecule has 2 aromatic carbocycles. The molecule has 1 saturated carbocycles. The summed E-state index contributed by atoms with van der Waals surface area (Å²) in [5, 5.41) is 6.27. The summed E-state index contributed by atoms with van der Waals surface area (Å²) in [4.78, 5) is 31.7. The number of rotatable bonds is 8. The van der Waals surface area contributed by atoms with Gasteiger partial charge in [-0.1, -0.05) is 6.07 Å². The van der Waals surface area contributed by atoms with Crippen LogP contribution in [0.4, 0.5) is 14.5 Å². The van der Waals surface area contributed by atoms with E-state index in [1.54, 1.807) is 6.08 Å². The number of nitrogens with one attached hydrogen (secondary N) is 3. The van der Waals surface area contributed by atoms with Gasteiger partial charge in [-0.2, -0.15) is 0 Å². The summed E-state index contributed by atoms with van der Waals surface area (Å²) in [6.07, 6.45) is 5.89. The summed E-state index contributed by atoms with van der Waals surface area (Å²) < 4.78 is 54.7. The van der Waals surface area contributed by atoms with Crippen molar-refractivity contribution in [3.63, 3.8) is 0 Å². The zero-order valence-electron chi connectivity index (χ0n) is 23.4. The molecule has 2 amide bonds. The zero-order chi connectivity index (χ0) is 29.8. The minimum atomic E-state index is -4.15. The van der Waals surface area contributed by atoms with E-state index in [9.17, 15) is 26.8 Å². The number of benzene rings is 2. The molecule has 42 heavy (non-hydrogen) atoms. The van der Waals surface area contributed by atoms with E-state index in [0.717, 1.165) is 31.5 Å². The third-order valence-electron chi connectivity index (χ3n) is 8.37. The number of hydrogen-bond acceptors (Lipinski definition) is 5. The summed E-state index contributed by atoms with van der Waals surface area (Å²) in [6.45, 7) is 5.13. The topological polar surface area (TPSA) is 111 Å². The van der Waals surface area contributed by atoms with Crippen LogP contribution >= 0.6 is 0 Å². The van der Waals surface area contributed by atoms with Gasteiger partial charge in [0.15, 0.2) is 9.84 Å². The Morgan fingerprint density at radius 3 is 2.57 bits per heavy atom. The molecule has 6 rings (SSSR count). The van der Waals surface area contributed by atoms with Gasteiger partial charge in [-0.25, -0.2) is 17.2 Å². The Hall–Kier alpha value is -3.83. The molecule has 0 unspecified atom stereocenters. The van der Waals surface area contributed by atoms with E-state index in [4.69, 9.17) is 0 Å². The predicted octanol–water partition coefficient (Wildman–Crippen LogP) is 4.73. The molecule has 3 heterocycles. The van der Waals surface area contributed by atoms with Gasteiger partial charge < -0.3 is 20.5 Å². The first kappa shape index (κ1) is 28.3. The average molecular weight is 595 g/mol. The average Bonchev–Trinajstić information content (AvgIpc) is 3.46. The fourth-order valence-electron chi connectivity index (χ4n) is 5.88. The van der Waals surface area contributed by atoms with Crippen LogP contribution in [-0.4, -0.2) is 55.3 Å². The molecular formula is C31H32F2N4O4S. The lowest BCUT2D eigenvalue weighted by Crippen LogP contribution is -2.42. The van der Waals surface area contributed by atoms with E-state index < -0.39 is 38.7 Å². The lowest BCUT2D eigenvalue weighted by molar-refractivity contribution is -0.110. The van der Waals surface area contributed by atoms with Crippen LogP contribution in [0.1, 0.15) is 64.1 Å². The minimum Gasteiger partial charge on any atom is -0.358 e. The minimum absolute atomic E-state index is 0.0453. The number of nitrogens with zero attached hydrogens (tertiary/aromatic N) is 1. The Morgan fingerprint density at radius 2 is 1.86 bits per heavy atom. The molecule has 1 aromatic heterocycles. The molecule has 1 atom stereocenters. The van der Waals surface area contributed by atoms with E-state index in [1.807, 2.05) is 18.7 Å². The largest absolute Gasteiger partial charge is 0.358 e. The van der Waals surface area contributed by atoms with Gasteiger partial charge in [0.1, 0.15) is 11.6 Å². The molecule has 2 fully saturated rings. The highest BCUT2D eigenvalue weighted by molar-refractivity contribution is 7.90. The molecule has 3 aliphatic rings. The SMILES string of the molecule is Cc1[nH]c(/C=C2\C(=O)Nc3ccc(S(=O)(=O)Cc4c(F)cccc4F)cc32)c(C)c1C(=O)N1CCC[C@H]1CNC1CC1. The lowest BCUT2D eigenvalue weighted by atomic mass is 10.0. The standard InChI is InChI=1S/C31H32F2N4O4S/c1-17-28(35-18(2)29(17)31(39)37-12-4-5-20(37)15-34-19-8-9-19)14-23-22-13-21(10-11-27(22)36-30(23)38)42(40,41)16-24-25(32)6-3-7-26(24)33/h3,6-7,10-11,13-14,19-20,34-35H,4-5,8-9,12,15-16H2,1-2H3,(H,36,38)/b23-14-/t20-/m0/s1. The van der Waals surface area contributed by atoms with Crippen molar-refractivity contribution in [3.8, 4) is 0 Å². The molecule has 2 aliphatic heterocycles. The molecule has 220 valence electrons. The van der Waals surface area contributed by atoms with Gasteiger partial charge in [-0.3, -0.25) is 9.59 Å². The highest BCUT2D eigenvalue weighted by Gasteiger charge is 2.34. The fraction of sp³-hybridized carbons (Fsp3) is 0.355. The van der Waals surface area contributed by atoms with Crippen molar-refractivity contribution in [3.05, 3.63) is 81.7 Å². The Balaban J connectivity index is 1.29. The number of likely N-dealkylation sites (tertiary alicyclic amines) is 1. The van der Waals surface area contributed by atoms with Crippen molar-refractivity contribution in [2.24, 2.45) is 0 Å². The summed E-state index contributed by atoms with van der Waals surface area (Å²) >= 11 is 0. The van der Waals surface area contributed by atoms with Crippen LogP contribution in [0.5, 0.6) is 0 Å². The Kier molecular flexibility index (Phi) is 7.26. The number of aromatic nitrogens is 1. The first-order chi connectivity index (χ1) is 20.0. The smallest absolute Gasteiger partial charge is 0.256 e. The summed E-state index contributed by atoms with van der Waals surface area (Å²) in [6, 6.07) is 8.00. The number of aromatic amines is 1. The highest BCUT2D eigenvalue weighted by atomic mass is 32.2. The van der Waals surface area contributed by atoms with Gasteiger partial charge >= 0.3 is 0 Å². The van der Waals surface area contributed by atoms with E-state index in [1.165, 1.54) is 37.1 Å². The molecule has 8 nitrogen and oxygen atoms in total. The Labute approximate surface area is 243 Å². The van der Waals surface area contributed by atoms with Crippen molar-refractivity contribution in [1.29, 1.82) is 0 Å². The van der Waals surface area contributed by atoms with Crippen LogP contribution in [0.25, 0.3) is 11.6 Å². The van der Waals surface area contributed by atoms with Crippen LogP contribution in [0, 0.1) is 25.5 Å². The van der Waals surface area contributed by atoms with Crippen molar-refractivity contribution in [1.82, 2.24) is 15.2 Å². The van der Waals surface area contributed by atoms with Crippen LogP contribution in [0.15, 0.2) is 41.3 Å². The number of halogens is 2. The second kappa shape index (κ2) is 10.8. The summed E-state index contributed by atoms with van der Waals surface area (Å²) in [7, 11) is -4.15. The van der Waals surface area contributed by atoms with Crippen molar-refractivity contribution < 1.29 is 26.8 Å². The number of aryl methyl sites for hydroxylation is 1. The Bertz CT molecular complexity index is 1720. The van der Waals surface area contributed by atoms with Crippen LogP contribution in [-0.2, 0) is 20.4 Å². The first-order valence-electron chi connectivity index (χ1n) is 14.1. The van der Waals surface area contributed by atoms with E-state index >= 15 is 0 Å². The molecule has 0 radical (unpaired) electrons. The van der Waals surface area contributed by atoms with Gasteiger partial charge in [0, 0.05) is 53.4 Å². The van der Waals surface area contributed by atoms with Crippen LogP contribution in [0.2, 0.25) is 0 Å². The number of sulfone groups is 1. The molecule has 11 heteroatoms. The highest BCUT2D eigenvalue weighted by Crippen LogP contribution is 2.37. The van der Waals surface area contributed by atoms with Crippen molar-refractivity contribution >= 4 is 39.0 Å². The molecule has 0 bridgehead atoms. The lowest BCUT2D eigenvalue weighted by Gasteiger charge is -2.25. The maximum absolute atomic E-state index is 14.2. The molecular weight excluding hydrogens is 562 g/mol. The van der Waals surface area contributed by atoms with Gasteiger partial charge in [-0.05, 0) is 81.5 Å². The van der Waals surface area contributed by atoms with Crippen molar-refractivity contribution in [2.45, 2.75) is 62.3 Å². The molecule has 3 N–H and O–H groups in total. The van der Waals surface area contributed by atoms with Crippen LogP contribution < -0.4 is 10.6 Å². The van der Waals surface area contributed by atoms with Gasteiger partial charge in [0.25, 0.3) is 11.8 Å². The van der Waals surface area contributed by atoms with E-state index in [2.05, 4.69) is 15.6 Å². The summed E-state index contributed by atoms with van der Waals surface area (Å²) in [5.74, 6) is -3.22. The number of hydrogen-bond donors (Lipinski definition) is 3.